The number of sulfonamides is 1. The van der Waals surface area contributed by atoms with Crippen LogP contribution in [0.1, 0.15) is 51.4 Å². The Balaban J connectivity index is 0.00000256. The van der Waals surface area contributed by atoms with Crippen molar-refractivity contribution in [1.82, 2.24) is 9.62 Å². The molecule has 170 valence electrons. The van der Waals surface area contributed by atoms with Gasteiger partial charge in [-0.1, -0.05) is 30.9 Å². The number of unbranched alkanes of at least 4 members (excludes halogenated alkanes) is 1. The largest absolute Gasteiger partial charge is 0.300 e. The maximum atomic E-state index is 13.8. The van der Waals surface area contributed by atoms with Gasteiger partial charge in [-0.2, -0.15) is 0 Å². The predicted octanol–water partition coefficient (Wildman–Crippen LogP) is 5.00. The van der Waals surface area contributed by atoms with Gasteiger partial charge in [0, 0.05) is 18.7 Å². The molecule has 4 atom stereocenters. The van der Waals surface area contributed by atoms with Crippen LogP contribution in [0.15, 0.2) is 17.0 Å². The Kier molecular flexibility index (Phi) is 8.05. The second-order valence-corrected chi connectivity index (χ2v) is 10.9. The summed E-state index contributed by atoms with van der Waals surface area (Å²) in [4.78, 5) is 2.01. The molecule has 9 heteroatoms. The first-order chi connectivity index (χ1) is 13.9. The highest BCUT2D eigenvalue weighted by Crippen LogP contribution is 2.50. The van der Waals surface area contributed by atoms with Gasteiger partial charge in [0.05, 0.1) is 5.02 Å². The quantitative estimate of drug-likeness (QED) is 0.439. The minimum Gasteiger partial charge on any atom is -0.300 e. The third-order valence-corrected chi connectivity index (χ3v) is 8.97. The molecule has 1 aromatic carbocycles. The Labute approximate surface area is 189 Å². The van der Waals surface area contributed by atoms with Crippen LogP contribution in [0.5, 0.6) is 0 Å². The molecule has 1 aromatic rings. The molecule has 1 aliphatic heterocycles. The first-order valence-corrected chi connectivity index (χ1v) is 12.6. The molecule has 30 heavy (non-hydrogen) atoms. The molecule has 1 heterocycles. The van der Waals surface area contributed by atoms with E-state index in [0.29, 0.717) is 18.5 Å². The van der Waals surface area contributed by atoms with E-state index in [4.69, 9.17) is 11.6 Å². The molecule has 0 aromatic heterocycles. The molecule has 0 spiro atoms. The number of benzene rings is 1. The number of piperidine rings is 1. The number of nitrogens with zero attached hydrogens (tertiary/aromatic N) is 1. The lowest BCUT2D eigenvalue weighted by Gasteiger charge is -2.46. The highest BCUT2D eigenvalue weighted by molar-refractivity contribution is 7.89. The smallest absolute Gasteiger partial charge is 0.243 e. The van der Waals surface area contributed by atoms with Crippen LogP contribution in [0.25, 0.3) is 0 Å². The van der Waals surface area contributed by atoms with E-state index in [1.54, 1.807) is 0 Å². The molecule has 0 bridgehead atoms. The van der Waals surface area contributed by atoms with Crippen LogP contribution in [0.4, 0.5) is 8.78 Å². The number of hydrogen-bond acceptors (Lipinski definition) is 3. The number of hydrogen-bond donors (Lipinski definition) is 1. The summed E-state index contributed by atoms with van der Waals surface area (Å²) in [6.07, 6.45) is 9.75. The van der Waals surface area contributed by atoms with E-state index in [-0.39, 0.29) is 19.0 Å². The van der Waals surface area contributed by atoms with Crippen molar-refractivity contribution in [2.45, 2.75) is 62.3 Å². The van der Waals surface area contributed by atoms with Gasteiger partial charge in [-0.3, -0.25) is 0 Å². The van der Waals surface area contributed by atoms with Gasteiger partial charge in [0.25, 0.3) is 0 Å². The van der Waals surface area contributed by atoms with E-state index in [9.17, 15) is 17.2 Å². The van der Waals surface area contributed by atoms with E-state index in [1.807, 2.05) is 0 Å². The first kappa shape index (κ1) is 24.2. The summed E-state index contributed by atoms with van der Waals surface area (Å²) in [7, 11) is -4.05. The number of halogens is 4. The summed E-state index contributed by atoms with van der Waals surface area (Å²) in [6, 6.07) is 2.03. The van der Waals surface area contributed by atoms with Gasteiger partial charge in [0.2, 0.25) is 10.0 Å². The van der Waals surface area contributed by atoms with Gasteiger partial charge >= 0.3 is 0 Å². The molecule has 0 radical (unpaired) electrons. The molecule has 1 saturated heterocycles. The second-order valence-electron chi connectivity index (χ2n) is 8.80. The van der Waals surface area contributed by atoms with E-state index >= 15 is 0 Å². The van der Waals surface area contributed by atoms with Gasteiger partial charge in [-0.25, -0.2) is 21.9 Å². The minimum atomic E-state index is -4.05. The van der Waals surface area contributed by atoms with Crippen molar-refractivity contribution in [1.29, 1.82) is 0 Å². The van der Waals surface area contributed by atoms with E-state index < -0.39 is 31.6 Å². The molecule has 4 rings (SSSR count). The van der Waals surface area contributed by atoms with Crippen LogP contribution >= 0.6 is 24.0 Å². The van der Waals surface area contributed by atoms with Crippen LogP contribution < -0.4 is 4.72 Å². The first-order valence-electron chi connectivity index (χ1n) is 10.7. The summed E-state index contributed by atoms with van der Waals surface area (Å²) in [5.41, 5.74) is 0. The number of nitrogens with one attached hydrogen (secondary N) is 1. The zero-order valence-corrected chi connectivity index (χ0v) is 19.3. The van der Waals surface area contributed by atoms with Crippen molar-refractivity contribution in [2.75, 3.05) is 19.6 Å². The Morgan fingerprint density at radius 3 is 2.53 bits per heavy atom. The average Bonchev–Trinajstić information content (AvgIpc) is 3.12. The highest BCUT2D eigenvalue weighted by atomic mass is 35.5. The summed E-state index contributed by atoms with van der Waals surface area (Å²) in [6.45, 7) is 2.37. The fraction of sp³-hybridized carbons (Fsp3) is 0.714. The zero-order chi connectivity index (χ0) is 20.6. The van der Waals surface area contributed by atoms with Crippen molar-refractivity contribution < 1.29 is 17.2 Å². The Morgan fingerprint density at radius 1 is 1.03 bits per heavy atom. The van der Waals surface area contributed by atoms with Gasteiger partial charge in [-0.05, 0) is 69.0 Å². The zero-order valence-electron chi connectivity index (χ0n) is 17.0. The molecular formula is C21H30Cl2F2N2O2S. The molecule has 4 nitrogen and oxygen atoms in total. The highest BCUT2D eigenvalue weighted by Gasteiger charge is 2.47. The topological polar surface area (TPSA) is 49.4 Å². The average molecular weight is 483 g/mol. The van der Waals surface area contributed by atoms with E-state index in [2.05, 4.69) is 9.62 Å². The van der Waals surface area contributed by atoms with Crippen molar-refractivity contribution >= 4 is 34.0 Å². The lowest BCUT2D eigenvalue weighted by Crippen LogP contribution is -2.49. The van der Waals surface area contributed by atoms with Gasteiger partial charge < -0.3 is 4.90 Å². The van der Waals surface area contributed by atoms with Crippen LogP contribution in [0, 0.1) is 29.4 Å². The standard InChI is InChI=1S/C21H29ClF2N2O2S.ClH/c22-16-12-20(18(24)13-17(16)23)29(27,28)25-9-1-2-10-26-11-8-15-5-3-4-14-6-7-19(26)21(14)15;/h12-15,19,21,25H,1-11H2;1H. The Hall–Kier alpha value is -0.470. The molecule has 4 unspecified atom stereocenters. The maximum Gasteiger partial charge on any atom is 0.243 e. The second kappa shape index (κ2) is 9.99. The maximum absolute atomic E-state index is 13.8. The monoisotopic (exact) mass is 482 g/mol. The van der Waals surface area contributed by atoms with E-state index in [1.165, 1.54) is 38.5 Å². The lowest BCUT2D eigenvalue weighted by atomic mass is 9.69. The SMILES string of the molecule is Cl.O=S(=O)(NCCCCN1CCC2CCCC3CCC1C32)c1cc(Cl)c(F)cc1F. The van der Waals surface area contributed by atoms with Crippen molar-refractivity contribution in [2.24, 2.45) is 17.8 Å². The van der Waals surface area contributed by atoms with Gasteiger partial charge in [-0.15, -0.1) is 12.4 Å². The minimum absolute atomic E-state index is 0. The molecule has 2 aliphatic carbocycles. The van der Waals surface area contributed by atoms with E-state index in [0.717, 1.165) is 43.3 Å². The summed E-state index contributed by atoms with van der Waals surface area (Å²) in [5, 5.41) is -0.409. The number of likely N-dealkylation sites (tertiary alicyclic amines) is 1. The molecule has 2 saturated carbocycles. The van der Waals surface area contributed by atoms with Crippen molar-refractivity contribution in [3.8, 4) is 0 Å². The molecular weight excluding hydrogens is 453 g/mol. The number of rotatable bonds is 7. The van der Waals surface area contributed by atoms with Crippen LogP contribution in [-0.4, -0.2) is 39.0 Å². The van der Waals surface area contributed by atoms with Crippen LogP contribution in [0.3, 0.4) is 0 Å². The summed E-state index contributed by atoms with van der Waals surface area (Å²) in [5.74, 6) is 0.610. The van der Waals surface area contributed by atoms with Gasteiger partial charge in [0.15, 0.2) is 0 Å². The van der Waals surface area contributed by atoms with Crippen molar-refractivity contribution in [3.63, 3.8) is 0 Å². The Morgan fingerprint density at radius 2 is 1.77 bits per heavy atom. The van der Waals surface area contributed by atoms with Crippen LogP contribution in [-0.2, 0) is 10.0 Å². The predicted molar refractivity (Wildman–Crippen MR) is 117 cm³/mol. The fourth-order valence-corrected chi connectivity index (χ4v) is 7.31. The Bertz CT molecular complexity index is 856. The summed E-state index contributed by atoms with van der Waals surface area (Å²) >= 11 is 5.60. The fourth-order valence-electron chi connectivity index (χ4n) is 5.93. The molecule has 1 N–H and O–H groups in total. The molecule has 3 fully saturated rings. The normalized spacial score (nSPS) is 28.8. The van der Waals surface area contributed by atoms with Crippen LogP contribution in [0.2, 0.25) is 5.02 Å². The third kappa shape index (κ3) is 4.96. The third-order valence-electron chi connectivity index (χ3n) is 7.20. The molecule has 0 amide bonds. The molecule has 3 aliphatic rings. The van der Waals surface area contributed by atoms with Gasteiger partial charge in [0.1, 0.15) is 16.5 Å². The van der Waals surface area contributed by atoms with Crippen molar-refractivity contribution in [3.05, 3.63) is 28.8 Å². The summed E-state index contributed by atoms with van der Waals surface area (Å²) < 4.78 is 54.1. The lowest BCUT2D eigenvalue weighted by molar-refractivity contribution is 0.0249.